The molecular weight excluding hydrogens is 248 g/mol. The van der Waals surface area contributed by atoms with Crippen molar-refractivity contribution in [3.05, 3.63) is 29.8 Å². The lowest BCUT2D eigenvalue weighted by atomic mass is 9.91. The van der Waals surface area contributed by atoms with Gasteiger partial charge in [-0.05, 0) is 56.2 Å². The predicted octanol–water partition coefficient (Wildman–Crippen LogP) is 2.74. The van der Waals surface area contributed by atoms with Gasteiger partial charge in [0.05, 0.1) is 6.04 Å². The molecular formula is C17H24N2O. The minimum atomic E-state index is -0.00472. The molecule has 1 saturated heterocycles. The molecule has 0 bridgehead atoms. The Bertz CT molecular complexity index is 486. The second kappa shape index (κ2) is 5.96. The minimum Gasteiger partial charge on any atom is -0.311 e. The molecule has 2 aliphatic heterocycles. The van der Waals surface area contributed by atoms with E-state index in [1.165, 1.54) is 18.4 Å². The summed E-state index contributed by atoms with van der Waals surface area (Å²) in [5, 5.41) is 3.43. The number of anilines is 1. The van der Waals surface area contributed by atoms with Gasteiger partial charge in [0.2, 0.25) is 5.91 Å². The van der Waals surface area contributed by atoms with Gasteiger partial charge in [0.1, 0.15) is 0 Å². The van der Waals surface area contributed by atoms with Crippen molar-refractivity contribution >= 4 is 11.6 Å². The molecule has 0 saturated carbocycles. The summed E-state index contributed by atoms with van der Waals surface area (Å²) in [6.45, 7) is 4.02. The topological polar surface area (TPSA) is 32.3 Å². The van der Waals surface area contributed by atoms with Gasteiger partial charge in [-0.3, -0.25) is 4.79 Å². The highest BCUT2D eigenvalue weighted by atomic mass is 16.2. The number of hydrogen-bond acceptors (Lipinski definition) is 2. The Balaban J connectivity index is 1.87. The molecule has 20 heavy (non-hydrogen) atoms. The molecule has 2 atom stereocenters. The zero-order valence-corrected chi connectivity index (χ0v) is 12.3. The number of nitrogens with one attached hydrogen (secondary N) is 1. The molecule has 0 radical (unpaired) electrons. The van der Waals surface area contributed by atoms with Crippen LogP contribution in [0, 0.1) is 5.92 Å². The average Bonchev–Trinajstić information content (AvgIpc) is 2.69. The van der Waals surface area contributed by atoms with E-state index < -0.39 is 0 Å². The summed E-state index contributed by atoms with van der Waals surface area (Å²) in [7, 11) is 0. The Labute approximate surface area is 121 Å². The molecule has 2 unspecified atom stereocenters. The highest BCUT2D eigenvalue weighted by Crippen LogP contribution is 2.28. The Kier molecular flexibility index (Phi) is 4.06. The molecule has 1 aromatic rings. The van der Waals surface area contributed by atoms with Gasteiger partial charge in [-0.25, -0.2) is 0 Å². The van der Waals surface area contributed by atoms with Crippen LogP contribution in [0.25, 0.3) is 0 Å². The molecule has 1 fully saturated rings. The van der Waals surface area contributed by atoms with Crippen LogP contribution in [0.2, 0.25) is 0 Å². The van der Waals surface area contributed by atoms with Crippen molar-refractivity contribution in [3.8, 4) is 0 Å². The molecule has 0 aliphatic carbocycles. The number of nitrogens with zero attached hydrogens (tertiary/aromatic N) is 1. The van der Waals surface area contributed by atoms with Crippen molar-refractivity contribution in [2.45, 2.75) is 45.1 Å². The summed E-state index contributed by atoms with van der Waals surface area (Å²) in [4.78, 5) is 15.0. The molecule has 0 spiro atoms. The Morgan fingerprint density at radius 2 is 2.10 bits per heavy atom. The molecule has 1 amide bonds. The molecule has 3 rings (SSSR count). The summed E-state index contributed by atoms with van der Waals surface area (Å²) < 4.78 is 0. The molecule has 3 nitrogen and oxygen atoms in total. The predicted molar refractivity (Wildman–Crippen MR) is 81.9 cm³/mol. The average molecular weight is 272 g/mol. The summed E-state index contributed by atoms with van der Waals surface area (Å²) in [5.74, 6) is 0.707. The number of aryl methyl sites for hydroxylation is 1. The Morgan fingerprint density at radius 1 is 1.25 bits per heavy atom. The second-order valence-electron chi connectivity index (χ2n) is 6.13. The van der Waals surface area contributed by atoms with Crippen LogP contribution < -0.4 is 10.2 Å². The van der Waals surface area contributed by atoms with Crippen molar-refractivity contribution in [1.82, 2.24) is 5.32 Å². The van der Waals surface area contributed by atoms with E-state index in [2.05, 4.69) is 30.4 Å². The third-order valence-corrected chi connectivity index (χ3v) is 4.66. The number of rotatable bonds is 1. The maximum absolute atomic E-state index is 12.9. The molecule has 2 heterocycles. The highest BCUT2D eigenvalue weighted by molar-refractivity contribution is 5.98. The van der Waals surface area contributed by atoms with E-state index in [1.807, 2.05) is 11.0 Å². The van der Waals surface area contributed by atoms with Crippen LogP contribution in [0.15, 0.2) is 24.3 Å². The SMILES string of the molecule is CC1CCCNC1C(=O)N1CCCCc2ccccc21. The van der Waals surface area contributed by atoms with E-state index in [0.29, 0.717) is 5.92 Å². The highest BCUT2D eigenvalue weighted by Gasteiger charge is 2.32. The fourth-order valence-corrected chi connectivity index (χ4v) is 3.47. The summed E-state index contributed by atoms with van der Waals surface area (Å²) >= 11 is 0. The molecule has 2 aliphatic rings. The standard InChI is InChI=1S/C17H24N2O/c1-13-7-6-11-18-16(13)17(20)19-12-5-4-9-14-8-2-3-10-15(14)19/h2-3,8,10,13,16,18H,4-7,9,11-12H2,1H3. The Hall–Kier alpha value is -1.35. The lowest BCUT2D eigenvalue weighted by Gasteiger charge is -2.34. The molecule has 108 valence electrons. The van der Waals surface area contributed by atoms with E-state index in [-0.39, 0.29) is 11.9 Å². The van der Waals surface area contributed by atoms with E-state index in [1.54, 1.807) is 0 Å². The third-order valence-electron chi connectivity index (χ3n) is 4.66. The van der Waals surface area contributed by atoms with Gasteiger partial charge in [-0.1, -0.05) is 25.1 Å². The fourth-order valence-electron chi connectivity index (χ4n) is 3.47. The smallest absolute Gasteiger partial charge is 0.244 e. The minimum absolute atomic E-state index is 0.00472. The summed E-state index contributed by atoms with van der Waals surface area (Å²) in [6, 6.07) is 8.39. The van der Waals surface area contributed by atoms with E-state index in [9.17, 15) is 4.79 Å². The van der Waals surface area contributed by atoms with Crippen LogP contribution in [0.5, 0.6) is 0 Å². The number of carbonyl (C=O) groups excluding carboxylic acids is 1. The van der Waals surface area contributed by atoms with Gasteiger partial charge >= 0.3 is 0 Å². The van der Waals surface area contributed by atoms with Gasteiger partial charge in [-0.2, -0.15) is 0 Å². The van der Waals surface area contributed by atoms with E-state index in [4.69, 9.17) is 0 Å². The van der Waals surface area contributed by atoms with Crippen LogP contribution >= 0.6 is 0 Å². The first-order chi connectivity index (χ1) is 9.77. The maximum atomic E-state index is 12.9. The summed E-state index contributed by atoms with van der Waals surface area (Å²) in [6.07, 6.45) is 5.70. The normalized spacial score (nSPS) is 26.8. The zero-order valence-electron chi connectivity index (χ0n) is 12.3. The van der Waals surface area contributed by atoms with Crippen LogP contribution in [-0.2, 0) is 11.2 Å². The number of benzene rings is 1. The van der Waals surface area contributed by atoms with Crippen molar-refractivity contribution in [2.24, 2.45) is 5.92 Å². The first kappa shape index (κ1) is 13.6. The number of para-hydroxylation sites is 1. The third kappa shape index (κ3) is 2.59. The van der Waals surface area contributed by atoms with Crippen molar-refractivity contribution < 1.29 is 4.79 Å². The fraction of sp³-hybridized carbons (Fsp3) is 0.588. The van der Waals surface area contributed by atoms with Crippen molar-refractivity contribution in [2.75, 3.05) is 18.0 Å². The molecule has 0 aromatic heterocycles. The number of carbonyl (C=O) groups is 1. The van der Waals surface area contributed by atoms with Crippen LogP contribution in [0.4, 0.5) is 5.69 Å². The van der Waals surface area contributed by atoms with Gasteiger partial charge in [0.25, 0.3) is 0 Å². The molecule has 1 N–H and O–H groups in total. The van der Waals surface area contributed by atoms with Gasteiger partial charge in [0.15, 0.2) is 0 Å². The van der Waals surface area contributed by atoms with E-state index in [0.717, 1.165) is 38.0 Å². The first-order valence-electron chi connectivity index (χ1n) is 7.90. The lowest BCUT2D eigenvalue weighted by Crippen LogP contribution is -2.52. The number of hydrogen-bond donors (Lipinski definition) is 1. The van der Waals surface area contributed by atoms with Crippen LogP contribution in [0.3, 0.4) is 0 Å². The van der Waals surface area contributed by atoms with Gasteiger partial charge in [0, 0.05) is 12.2 Å². The van der Waals surface area contributed by atoms with E-state index >= 15 is 0 Å². The van der Waals surface area contributed by atoms with Gasteiger partial charge in [-0.15, -0.1) is 0 Å². The zero-order chi connectivity index (χ0) is 13.9. The lowest BCUT2D eigenvalue weighted by molar-refractivity contribution is -0.122. The largest absolute Gasteiger partial charge is 0.311 e. The molecule has 1 aromatic carbocycles. The first-order valence-corrected chi connectivity index (χ1v) is 7.90. The monoisotopic (exact) mass is 272 g/mol. The van der Waals surface area contributed by atoms with Crippen molar-refractivity contribution in [3.63, 3.8) is 0 Å². The maximum Gasteiger partial charge on any atom is 0.244 e. The van der Waals surface area contributed by atoms with Gasteiger partial charge < -0.3 is 10.2 Å². The second-order valence-corrected chi connectivity index (χ2v) is 6.13. The van der Waals surface area contributed by atoms with Crippen LogP contribution in [0.1, 0.15) is 38.2 Å². The van der Waals surface area contributed by atoms with Crippen molar-refractivity contribution in [1.29, 1.82) is 0 Å². The number of amides is 1. The van der Waals surface area contributed by atoms with Crippen LogP contribution in [-0.4, -0.2) is 25.0 Å². The number of piperidine rings is 1. The Morgan fingerprint density at radius 3 is 2.95 bits per heavy atom. The molecule has 3 heteroatoms. The quantitative estimate of drug-likeness (QED) is 0.852. The summed E-state index contributed by atoms with van der Waals surface area (Å²) in [5.41, 5.74) is 2.45. The number of fused-ring (bicyclic) bond motifs is 1.